The summed E-state index contributed by atoms with van der Waals surface area (Å²) in [7, 11) is 0. The van der Waals surface area contributed by atoms with Gasteiger partial charge in [0.05, 0.1) is 12.1 Å². The van der Waals surface area contributed by atoms with Gasteiger partial charge in [0, 0.05) is 23.5 Å². The van der Waals surface area contributed by atoms with Crippen molar-refractivity contribution >= 4 is 58.6 Å². The predicted octanol–water partition coefficient (Wildman–Crippen LogP) is 5.29. The first kappa shape index (κ1) is 23.7. The molecule has 2 saturated heterocycles. The second kappa shape index (κ2) is 8.70. The molecule has 2 unspecified atom stereocenters. The molecule has 32 heavy (non-hydrogen) atoms. The topological polar surface area (TPSA) is 71.5 Å². The minimum Gasteiger partial charge on any atom is -0.444 e. The second-order valence-corrected chi connectivity index (χ2v) is 12.0. The first-order valence-electron chi connectivity index (χ1n) is 10.2. The van der Waals surface area contributed by atoms with E-state index >= 15 is 0 Å². The highest BCUT2D eigenvalue weighted by atomic mass is 35.6. The molecule has 172 valence electrons. The van der Waals surface area contributed by atoms with E-state index in [9.17, 15) is 4.79 Å². The minimum absolute atomic E-state index is 0.0205. The van der Waals surface area contributed by atoms with E-state index in [0.717, 1.165) is 16.9 Å². The van der Waals surface area contributed by atoms with Crippen molar-refractivity contribution in [1.29, 1.82) is 0 Å². The molecule has 0 saturated carbocycles. The van der Waals surface area contributed by atoms with E-state index in [1.165, 1.54) is 0 Å². The Balaban J connectivity index is 1.61. The number of amides is 1. The fourth-order valence-electron chi connectivity index (χ4n) is 3.95. The van der Waals surface area contributed by atoms with Crippen LogP contribution in [0.3, 0.4) is 0 Å². The second-order valence-electron chi connectivity index (χ2n) is 8.84. The third kappa shape index (κ3) is 5.03. The molecule has 0 spiro atoms. The van der Waals surface area contributed by atoms with Crippen LogP contribution in [-0.2, 0) is 8.53 Å². The number of anilines is 1. The minimum atomic E-state index is -1.78. The number of carbonyl (C=O) groups is 1. The Morgan fingerprint density at radius 2 is 1.75 bits per heavy atom. The van der Waals surface area contributed by atoms with Crippen LogP contribution in [0.1, 0.15) is 33.0 Å². The summed E-state index contributed by atoms with van der Waals surface area (Å²) in [5.41, 5.74) is 0.272. The van der Waals surface area contributed by atoms with E-state index in [4.69, 9.17) is 39.5 Å². The number of likely N-dealkylation sites (tertiary alicyclic amines) is 1. The number of benzene rings is 1. The van der Waals surface area contributed by atoms with Crippen LogP contribution in [0, 0.1) is 0 Å². The molecule has 2 aromatic rings. The summed E-state index contributed by atoms with van der Waals surface area (Å²) >= 11 is 20.1. The summed E-state index contributed by atoms with van der Waals surface area (Å²) in [6, 6.07) is 7.95. The summed E-state index contributed by atoms with van der Waals surface area (Å²) in [6.45, 7) is 6.70. The lowest BCUT2D eigenvalue weighted by Crippen LogP contribution is -2.50. The van der Waals surface area contributed by atoms with E-state index < -0.39 is 9.39 Å². The van der Waals surface area contributed by atoms with Crippen LogP contribution < -0.4 is 4.90 Å². The maximum Gasteiger partial charge on any atom is 0.410 e. The Kier molecular flexibility index (Phi) is 6.44. The molecule has 2 aliphatic rings. The summed E-state index contributed by atoms with van der Waals surface area (Å²) in [4.78, 5) is 31.1. The number of ether oxygens (including phenoxy) is 1. The van der Waals surface area contributed by atoms with Crippen molar-refractivity contribution < 1.29 is 9.53 Å². The Labute approximate surface area is 206 Å². The molecule has 4 rings (SSSR count). The third-order valence-corrected chi connectivity index (χ3v) is 6.60. The average molecular weight is 517 g/mol. The van der Waals surface area contributed by atoms with Gasteiger partial charge in [-0.05, 0) is 45.6 Å². The molecule has 0 radical (unpaired) electrons. The zero-order valence-electron chi connectivity index (χ0n) is 18.2. The number of halogens is 3. The van der Waals surface area contributed by atoms with Crippen LogP contribution in [0.5, 0.6) is 0 Å². The molecule has 1 amide bonds. The van der Waals surface area contributed by atoms with Gasteiger partial charge >= 0.3 is 6.09 Å². The molecule has 0 aliphatic carbocycles. The van der Waals surface area contributed by atoms with Crippen molar-refractivity contribution in [2.45, 2.75) is 53.6 Å². The number of alkyl halides is 3. The maximum atomic E-state index is 12.6. The van der Waals surface area contributed by atoms with Crippen LogP contribution in [0.15, 0.2) is 29.2 Å². The van der Waals surface area contributed by atoms with E-state index in [0.29, 0.717) is 24.9 Å². The number of rotatable bonds is 3. The van der Waals surface area contributed by atoms with Gasteiger partial charge in [-0.2, -0.15) is 9.97 Å². The number of hydrogen-bond acceptors (Lipinski definition) is 7. The molecule has 1 aromatic carbocycles. The molecule has 2 fully saturated rings. The highest BCUT2D eigenvalue weighted by molar-refractivity contribution is 7.98. The molecule has 0 N–H and O–H groups in total. The van der Waals surface area contributed by atoms with Gasteiger partial charge in [0.2, 0.25) is 9.74 Å². The number of thioether (sulfide) groups is 1. The van der Waals surface area contributed by atoms with E-state index in [1.807, 2.05) is 51.3 Å². The van der Waals surface area contributed by atoms with Gasteiger partial charge in [-0.15, -0.1) is 11.8 Å². The van der Waals surface area contributed by atoms with E-state index in [1.54, 1.807) is 16.7 Å². The van der Waals surface area contributed by atoms with Gasteiger partial charge in [-0.25, -0.2) is 9.78 Å². The monoisotopic (exact) mass is 515 g/mol. The Hall–Kier alpha value is -1.48. The Morgan fingerprint density at radius 1 is 1.06 bits per heavy atom. The molecular weight excluding hydrogens is 493 g/mol. The zero-order chi connectivity index (χ0) is 23.3. The molecule has 2 bridgehead atoms. The fourth-order valence-corrected chi connectivity index (χ4v) is 4.61. The predicted molar refractivity (Wildman–Crippen MR) is 129 cm³/mol. The van der Waals surface area contributed by atoms with Crippen molar-refractivity contribution in [2.24, 2.45) is 0 Å². The number of piperazine rings is 1. The van der Waals surface area contributed by atoms with Crippen molar-refractivity contribution in [3.63, 3.8) is 0 Å². The molecule has 11 heteroatoms. The lowest BCUT2D eigenvalue weighted by atomic mass is 10.2. The van der Waals surface area contributed by atoms with Crippen molar-refractivity contribution in [3.8, 4) is 11.4 Å². The highest BCUT2D eigenvalue weighted by Gasteiger charge is 2.48. The summed E-state index contributed by atoms with van der Waals surface area (Å²) in [5.74, 6) is 0.959. The van der Waals surface area contributed by atoms with Gasteiger partial charge in [0.1, 0.15) is 5.60 Å². The number of hydrogen-bond donors (Lipinski definition) is 0. The SMILES string of the molecule is CSc1ccc(-c2nc(N3CC4CC3CN4C(=O)OC(C)(C)C)nc(C(Cl)(Cl)Cl)n2)cc1. The Bertz CT molecular complexity index is 1010. The largest absolute Gasteiger partial charge is 0.444 e. The molecule has 2 atom stereocenters. The molecule has 1 aromatic heterocycles. The zero-order valence-corrected chi connectivity index (χ0v) is 21.3. The Morgan fingerprint density at radius 3 is 2.28 bits per heavy atom. The van der Waals surface area contributed by atoms with Crippen LogP contribution in [0.2, 0.25) is 0 Å². The lowest BCUT2D eigenvalue weighted by molar-refractivity contribution is 0.0214. The van der Waals surface area contributed by atoms with Gasteiger partial charge < -0.3 is 14.5 Å². The molecule has 3 heterocycles. The summed E-state index contributed by atoms with van der Waals surface area (Å²) < 4.78 is 3.76. The van der Waals surface area contributed by atoms with Crippen molar-refractivity contribution in [2.75, 3.05) is 24.2 Å². The fraction of sp³-hybridized carbons (Fsp3) is 0.524. The average Bonchev–Trinajstić information content (AvgIpc) is 3.33. The first-order valence-corrected chi connectivity index (χ1v) is 12.5. The van der Waals surface area contributed by atoms with E-state index in [2.05, 4.69) is 19.9 Å². The number of aromatic nitrogens is 3. The molecular formula is C21H24Cl3N5O2S. The summed E-state index contributed by atoms with van der Waals surface area (Å²) in [5, 5.41) is 0. The normalized spacial score (nSPS) is 20.7. The van der Waals surface area contributed by atoms with Crippen molar-refractivity contribution in [3.05, 3.63) is 30.1 Å². The molecule has 2 aliphatic heterocycles. The third-order valence-electron chi connectivity index (χ3n) is 5.35. The maximum absolute atomic E-state index is 12.6. The van der Waals surface area contributed by atoms with Gasteiger partial charge in [-0.3, -0.25) is 0 Å². The number of fused-ring (bicyclic) bond motifs is 2. The lowest BCUT2D eigenvalue weighted by Gasteiger charge is -2.35. The van der Waals surface area contributed by atoms with Crippen LogP contribution in [-0.4, -0.2) is 63.0 Å². The van der Waals surface area contributed by atoms with Gasteiger partial charge in [-0.1, -0.05) is 46.9 Å². The van der Waals surface area contributed by atoms with Crippen LogP contribution in [0.4, 0.5) is 10.7 Å². The quantitative estimate of drug-likeness (QED) is 0.406. The smallest absolute Gasteiger partial charge is 0.410 e. The summed E-state index contributed by atoms with van der Waals surface area (Å²) in [6.07, 6.45) is 2.53. The van der Waals surface area contributed by atoms with Gasteiger partial charge in [0.25, 0.3) is 0 Å². The van der Waals surface area contributed by atoms with Crippen LogP contribution in [0.25, 0.3) is 11.4 Å². The van der Waals surface area contributed by atoms with Gasteiger partial charge in [0.15, 0.2) is 11.6 Å². The van der Waals surface area contributed by atoms with E-state index in [-0.39, 0.29) is 24.0 Å². The standard InChI is InChI=1S/C21H24Cl3N5O2S/c1-20(2,3)31-19(30)29-11-13-9-14(29)10-28(13)18-26-16(25-17(27-18)21(22,23)24)12-5-7-15(32-4)8-6-12/h5-8,13-14H,9-11H2,1-4H3. The van der Waals surface area contributed by atoms with Crippen molar-refractivity contribution in [1.82, 2.24) is 19.9 Å². The number of carbonyl (C=O) groups excluding carboxylic acids is 1. The highest BCUT2D eigenvalue weighted by Crippen LogP contribution is 2.39. The molecule has 7 nitrogen and oxygen atoms in total. The van der Waals surface area contributed by atoms with Crippen LogP contribution >= 0.6 is 46.6 Å². The number of nitrogens with zero attached hydrogens (tertiary/aromatic N) is 5. The first-order chi connectivity index (χ1) is 14.9.